The fraction of sp³-hybridized carbons (Fsp3) is 0.364. The average Bonchev–Trinajstić information content (AvgIpc) is 3.14. The Bertz CT molecular complexity index is 1160. The molecule has 0 saturated carbocycles. The summed E-state index contributed by atoms with van der Waals surface area (Å²) in [7, 11) is 0. The summed E-state index contributed by atoms with van der Waals surface area (Å²) in [6.45, 7) is 9.21. The minimum absolute atomic E-state index is 0.0210. The van der Waals surface area contributed by atoms with E-state index in [1.54, 1.807) is 18.3 Å². The smallest absolute Gasteiger partial charge is 0.255 e. The number of amides is 1. The highest BCUT2D eigenvalue weighted by Crippen LogP contribution is 2.35. The monoisotopic (exact) mass is 431 g/mol. The van der Waals surface area contributed by atoms with E-state index in [4.69, 9.17) is 0 Å². The molecule has 1 aromatic heterocycles. The second-order valence-corrected chi connectivity index (χ2v) is 9.79. The van der Waals surface area contributed by atoms with Gasteiger partial charge in [-0.15, -0.1) is 0 Å². The Hall–Kier alpha value is -2.58. The standard InChI is InChI=1S/C22H23F2N3O2S/c1-21(2)11-27(22(3,4)10-25-21)20(29)15-6-12(5-13-9-26-30-19(13)15)14-7-17(24)18(28)8-16(14)23/h5-9,25,28H,10-11H2,1-4H3. The third-order valence-electron chi connectivity index (χ3n) is 5.56. The number of carbonyl (C=O) groups is 1. The average molecular weight is 432 g/mol. The molecule has 8 heteroatoms. The molecule has 3 aromatic rings. The number of piperazine rings is 1. The lowest BCUT2D eigenvalue weighted by molar-refractivity contribution is 0.0283. The van der Waals surface area contributed by atoms with Gasteiger partial charge in [-0.05, 0) is 63.0 Å². The Kier molecular flexibility index (Phi) is 4.82. The van der Waals surface area contributed by atoms with Crippen LogP contribution in [0.15, 0.2) is 30.5 Å². The fourth-order valence-corrected chi connectivity index (χ4v) is 4.50. The molecular weight excluding hydrogens is 408 g/mol. The first-order valence-corrected chi connectivity index (χ1v) is 10.4. The van der Waals surface area contributed by atoms with Crippen LogP contribution >= 0.6 is 11.5 Å². The van der Waals surface area contributed by atoms with Gasteiger partial charge in [0.2, 0.25) is 0 Å². The number of aromatic hydroxyl groups is 1. The number of hydrogen-bond acceptors (Lipinski definition) is 5. The number of nitrogens with one attached hydrogen (secondary N) is 1. The number of aromatic nitrogens is 1. The van der Waals surface area contributed by atoms with Gasteiger partial charge in [0, 0.05) is 41.8 Å². The molecule has 2 heterocycles. The van der Waals surface area contributed by atoms with Crippen molar-refractivity contribution in [2.75, 3.05) is 13.1 Å². The van der Waals surface area contributed by atoms with Crippen molar-refractivity contribution in [2.24, 2.45) is 0 Å². The Balaban J connectivity index is 1.86. The first-order chi connectivity index (χ1) is 14.0. The number of fused-ring (bicyclic) bond motifs is 1. The quantitative estimate of drug-likeness (QED) is 0.625. The van der Waals surface area contributed by atoms with Gasteiger partial charge in [0.1, 0.15) is 5.82 Å². The molecule has 0 bridgehead atoms. The zero-order chi connectivity index (χ0) is 21.8. The predicted octanol–water partition coefficient (Wildman–Crippen LogP) is 4.55. The molecule has 0 radical (unpaired) electrons. The van der Waals surface area contributed by atoms with Crippen LogP contribution in [0.5, 0.6) is 5.75 Å². The molecule has 0 aliphatic carbocycles. The van der Waals surface area contributed by atoms with E-state index in [0.717, 1.165) is 12.1 Å². The minimum Gasteiger partial charge on any atom is -0.505 e. The van der Waals surface area contributed by atoms with Gasteiger partial charge in [0.05, 0.1) is 15.8 Å². The first kappa shape index (κ1) is 20.7. The molecule has 1 amide bonds. The minimum atomic E-state index is -0.923. The van der Waals surface area contributed by atoms with Gasteiger partial charge in [-0.2, -0.15) is 4.37 Å². The molecular formula is C22H23F2N3O2S. The number of phenolic OH excluding ortho intramolecular Hbond substituents is 1. The summed E-state index contributed by atoms with van der Waals surface area (Å²) in [4.78, 5) is 15.5. The molecule has 5 nitrogen and oxygen atoms in total. The zero-order valence-corrected chi connectivity index (χ0v) is 18.0. The Morgan fingerprint density at radius 3 is 2.63 bits per heavy atom. The van der Waals surface area contributed by atoms with Crippen molar-refractivity contribution in [3.63, 3.8) is 0 Å². The van der Waals surface area contributed by atoms with E-state index >= 15 is 0 Å². The molecule has 1 saturated heterocycles. The largest absolute Gasteiger partial charge is 0.505 e. The van der Waals surface area contributed by atoms with Gasteiger partial charge in [-0.25, -0.2) is 8.78 Å². The summed E-state index contributed by atoms with van der Waals surface area (Å²) in [5.41, 5.74) is 0.0720. The number of nitrogens with zero attached hydrogens (tertiary/aromatic N) is 2. The highest BCUT2D eigenvalue weighted by atomic mass is 32.1. The van der Waals surface area contributed by atoms with Crippen LogP contribution in [-0.2, 0) is 0 Å². The number of phenols is 1. The molecule has 2 aromatic carbocycles. The van der Waals surface area contributed by atoms with Crippen LogP contribution in [0.4, 0.5) is 8.78 Å². The van der Waals surface area contributed by atoms with Crippen molar-refractivity contribution in [1.29, 1.82) is 0 Å². The lowest BCUT2D eigenvalue weighted by Gasteiger charge is -2.49. The molecule has 30 heavy (non-hydrogen) atoms. The van der Waals surface area contributed by atoms with Gasteiger partial charge in [-0.1, -0.05) is 0 Å². The van der Waals surface area contributed by atoms with Gasteiger partial charge in [0.15, 0.2) is 11.6 Å². The molecule has 158 valence electrons. The van der Waals surface area contributed by atoms with Crippen molar-refractivity contribution in [3.8, 4) is 16.9 Å². The maximum absolute atomic E-state index is 14.5. The van der Waals surface area contributed by atoms with Crippen LogP contribution in [-0.4, -0.2) is 44.5 Å². The number of benzene rings is 2. The lowest BCUT2D eigenvalue weighted by Crippen LogP contribution is -2.67. The SMILES string of the molecule is CC1(C)CN(C(=O)c2cc(-c3cc(F)c(O)cc3F)cc3cnsc23)C(C)(C)CN1. The summed E-state index contributed by atoms with van der Waals surface area (Å²) in [5, 5.41) is 13.6. The van der Waals surface area contributed by atoms with Crippen LogP contribution in [0.1, 0.15) is 38.1 Å². The van der Waals surface area contributed by atoms with E-state index < -0.39 is 22.9 Å². The first-order valence-electron chi connectivity index (χ1n) is 9.62. The maximum atomic E-state index is 14.5. The van der Waals surface area contributed by atoms with E-state index in [2.05, 4.69) is 9.69 Å². The van der Waals surface area contributed by atoms with E-state index in [-0.39, 0.29) is 17.0 Å². The molecule has 0 unspecified atom stereocenters. The van der Waals surface area contributed by atoms with E-state index in [1.807, 2.05) is 32.6 Å². The molecule has 4 rings (SSSR count). The Labute approximate surface area is 177 Å². The summed E-state index contributed by atoms with van der Waals surface area (Å²) in [6.07, 6.45) is 1.61. The van der Waals surface area contributed by atoms with Crippen LogP contribution in [0.3, 0.4) is 0 Å². The van der Waals surface area contributed by atoms with Gasteiger partial charge in [-0.3, -0.25) is 4.79 Å². The van der Waals surface area contributed by atoms with Crippen molar-refractivity contribution < 1.29 is 18.7 Å². The highest BCUT2D eigenvalue weighted by molar-refractivity contribution is 7.13. The van der Waals surface area contributed by atoms with Crippen LogP contribution in [0.25, 0.3) is 21.2 Å². The summed E-state index contributed by atoms with van der Waals surface area (Å²) < 4.78 is 33.3. The van der Waals surface area contributed by atoms with Gasteiger partial charge >= 0.3 is 0 Å². The number of halogens is 2. The molecule has 1 aliphatic heterocycles. The van der Waals surface area contributed by atoms with Crippen molar-refractivity contribution in [2.45, 2.75) is 38.8 Å². The highest BCUT2D eigenvalue weighted by Gasteiger charge is 2.41. The second-order valence-electron chi connectivity index (χ2n) is 8.99. The van der Waals surface area contributed by atoms with E-state index in [0.29, 0.717) is 34.3 Å². The summed E-state index contributed by atoms with van der Waals surface area (Å²) in [5.74, 6) is -2.62. The van der Waals surface area contributed by atoms with Gasteiger partial charge < -0.3 is 15.3 Å². The van der Waals surface area contributed by atoms with Crippen molar-refractivity contribution in [1.82, 2.24) is 14.6 Å². The normalized spacial score (nSPS) is 18.0. The third kappa shape index (κ3) is 3.54. The predicted molar refractivity (Wildman–Crippen MR) is 114 cm³/mol. The molecule has 0 atom stereocenters. The van der Waals surface area contributed by atoms with E-state index in [1.165, 1.54) is 11.5 Å². The topological polar surface area (TPSA) is 65.5 Å². The van der Waals surface area contributed by atoms with Crippen LogP contribution in [0.2, 0.25) is 0 Å². The maximum Gasteiger partial charge on any atom is 0.255 e. The number of rotatable bonds is 2. The summed E-state index contributed by atoms with van der Waals surface area (Å²) >= 11 is 1.20. The molecule has 2 N–H and O–H groups in total. The number of carbonyl (C=O) groups excluding carboxylic acids is 1. The molecule has 1 fully saturated rings. The zero-order valence-electron chi connectivity index (χ0n) is 17.2. The second kappa shape index (κ2) is 6.99. The fourth-order valence-electron chi connectivity index (χ4n) is 3.77. The van der Waals surface area contributed by atoms with Gasteiger partial charge in [0.25, 0.3) is 5.91 Å². The van der Waals surface area contributed by atoms with Crippen LogP contribution < -0.4 is 5.32 Å². The molecule has 0 spiro atoms. The Morgan fingerprint density at radius 2 is 1.90 bits per heavy atom. The number of hydrogen-bond donors (Lipinski definition) is 2. The Morgan fingerprint density at radius 1 is 1.17 bits per heavy atom. The molecule has 1 aliphatic rings. The van der Waals surface area contributed by atoms with Crippen LogP contribution in [0, 0.1) is 11.6 Å². The van der Waals surface area contributed by atoms with Crippen molar-refractivity contribution >= 4 is 27.5 Å². The van der Waals surface area contributed by atoms with E-state index in [9.17, 15) is 18.7 Å². The third-order valence-corrected chi connectivity index (χ3v) is 6.41. The summed E-state index contributed by atoms with van der Waals surface area (Å²) in [6, 6.07) is 4.95. The van der Waals surface area contributed by atoms with Crippen molar-refractivity contribution in [3.05, 3.63) is 47.7 Å². The lowest BCUT2D eigenvalue weighted by atomic mass is 9.90.